The highest BCUT2D eigenvalue weighted by molar-refractivity contribution is 7.98. The largest absolute Gasteiger partial charge is 0.486 e. The topological polar surface area (TPSA) is 94.2 Å². The summed E-state index contributed by atoms with van der Waals surface area (Å²) in [5.74, 6) is -2.78. The first kappa shape index (κ1) is 23.6. The molecule has 0 aromatic heterocycles. The van der Waals surface area contributed by atoms with Crippen LogP contribution < -0.4 is 19.7 Å². The molecule has 5 rings (SSSR count). The lowest BCUT2D eigenvalue weighted by molar-refractivity contribution is -0.152. The number of anilines is 1. The Labute approximate surface area is 206 Å². The second-order valence-electron chi connectivity index (χ2n) is 8.69. The van der Waals surface area contributed by atoms with Crippen molar-refractivity contribution >= 4 is 35.2 Å². The van der Waals surface area contributed by atoms with Gasteiger partial charge in [0.1, 0.15) is 24.6 Å². The van der Waals surface area contributed by atoms with E-state index in [0.29, 0.717) is 36.2 Å². The summed E-state index contributed by atoms with van der Waals surface area (Å²) >= 11 is 1.50. The van der Waals surface area contributed by atoms with Crippen molar-refractivity contribution in [3.8, 4) is 11.5 Å². The number of esters is 1. The highest BCUT2D eigenvalue weighted by Gasteiger charge is 2.69. The van der Waals surface area contributed by atoms with Gasteiger partial charge in [-0.15, -0.1) is 0 Å². The second-order valence-corrected chi connectivity index (χ2v) is 9.68. The van der Waals surface area contributed by atoms with E-state index >= 15 is 0 Å². The predicted molar refractivity (Wildman–Crippen MR) is 127 cm³/mol. The van der Waals surface area contributed by atoms with Gasteiger partial charge in [0.05, 0.1) is 24.6 Å². The van der Waals surface area contributed by atoms with Gasteiger partial charge in [-0.25, -0.2) is 9.29 Å². The molecule has 0 radical (unpaired) electrons. The highest BCUT2D eigenvalue weighted by Crippen LogP contribution is 2.52. The van der Waals surface area contributed by atoms with Gasteiger partial charge >= 0.3 is 5.97 Å². The van der Waals surface area contributed by atoms with Crippen molar-refractivity contribution in [3.63, 3.8) is 0 Å². The number of hydrogen-bond acceptors (Lipinski definition) is 8. The van der Waals surface area contributed by atoms with E-state index in [1.54, 1.807) is 36.4 Å². The second kappa shape index (κ2) is 9.16. The van der Waals surface area contributed by atoms with E-state index in [-0.39, 0.29) is 12.0 Å². The Morgan fingerprint density at radius 3 is 2.63 bits per heavy atom. The Kier molecular flexibility index (Phi) is 6.18. The first-order valence-corrected chi connectivity index (χ1v) is 12.7. The number of methoxy groups -OCH3 is 1. The van der Waals surface area contributed by atoms with Gasteiger partial charge in [-0.05, 0) is 36.6 Å². The molecule has 8 nitrogen and oxygen atoms in total. The van der Waals surface area contributed by atoms with Gasteiger partial charge in [0.15, 0.2) is 11.5 Å². The van der Waals surface area contributed by atoms with E-state index in [1.807, 2.05) is 6.26 Å². The summed E-state index contributed by atoms with van der Waals surface area (Å²) in [6.07, 6.45) is 2.12. The van der Waals surface area contributed by atoms with Gasteiger partial charge in [-0.2, -0.15) is 11.8 Å². The van der Waals surface area contributed by atoms with Crippen LogP contribution in [0.5, 0.6) is 11.5 Å². The van der Waals surface area contributed by atoms with Crippen LogP contribution in [0.25, 0.3) is 0 Å². The zero-order valence-corrected chi connectivity index (χ0v) is 20.1. The van der Waals surface area contributed by atoms with Gasteiger partial charge in [0.2, 0.25) is 11.8 Å². The number of carbonyl (C=O) groups excluding carboxylic acids is 3. The number of halogens is 1. The molecule has 35 heavy (non-hydrogen) atoms. The fourth-order valence-corrected chi connectivity index (χ4v) is 5.91. The molecule has 2 fully saturated rings. The van der Waals surface area contributed by atoms with Crippen LogP contribution in [0.1, 0.15) is 18.0 Å². The maximum atomic E-state index is 14.9. The van der Waals surface area contributed by atoms with Gasteiger partial charge in [0, 0.05) is 17.7 Å². The monoisotopic (exact) mass is 500 g/mol. The minimum atomic E-state index is -1.48. The molecule has 1 N–H and O–H groups in total. The predicted octanol–water partition coefficient (Wildman–Crippen LogP) is 2.71. The Balaban J connectivity index is 1.63. The van der Waals surface area contributed by atoms with Crippen molar-refractivity contribution in [2.45, 2.75) is 18.0 Å². The molecule has 0 saturated carbocycles. The first-order chi connectivity index (χ1) is 16.9. The standard InChI is InChI=1S/C25H25FN2O6S/c1-32-24(31)25(9-12-35-2)20-19(21(27-25)15-5-3-4-6-16(15)26)22(29)28(23(20)30)14-7-8-17-18(13-14)34-11-10-33-17/h3-8,13,19-21,27H,9-12H2,1-2H3/t19-,20+,21-,25-/m0/s1. The van der Waals surface area contributed by atoms with Crippen LogP contribution in [0.15, 0.2) is 42.5 Å². The molecule has 3 heterocycles. The van der Waals surface area contributed by atoms with Gasteiger partial charge in [-0.1, -0.05) is 18.2 Å². The molecule has 0 spiro atoms. The summed E-state index contributed by atoms with van der Waals surface area (Å²) in [5.41, 5.74) is -0.942. The van der Waals surface area contributed by atoms with Crippen LogP contribution in [-0.2, 0) is 19.1 Å². The van der Waals surface area contributed by atoms with Gasteiger partial charge < -0.3 is 14.2 Å². The van der Waals surface area contributed by atoms with E-state index < -0.39 is 47.0 Å². The van der Waals surface area contributed by atoms with Crippen molar-refractivity contribution in [2.24, 2.45) is 11.8 Å². The number of ether oxygens (including phenoxy) is 3. The fourth-order valence-electron chi connectivity index (χ4n) is 5.39. The van der Waals surface area contributed by atoms with E-state index in [1.165, 1.54) is 24.9 Å². The molecule has 2 saturated heterocycles. The van der Waals surface area contributed by atoms with E-state index in [0.717, 1.165) is 4.90 Å². The van der Waals surface area contributed by atoms with Crippen molar-refractivity contribution in [3.05, 3.63) is 53.8 Å². The number of thioether (sulfide) groups is 1. The number of imide groups is 1. The minimum Gasteiger partial charge on any atom is -0.486 e. The Hall–Kier alpha value is -3.11. The Morgan fingerprint density at radius 1 is 1.17 bits per heavy atom. The number of fused-ring (bicyclic) bond motifs is 2. The van der Waals surface area contributed by atoms with Crippen molar-refractivity contribution in [2.75, 3.05) is 37.2 Å². The Bertz CT molecular complexity index is 1190. The lowest BCUT2D eigenvalue weighted by Crippen LogP contribution is -2.56. The molecule has 10 heteroatoms. The number of amides is 2. The van der Waals surface area contributed by atoms with Crippen LogP contribution in [-0.4, -0.2) is 55.7 Å². The quantitative estimate of drug-likeness (QED) is 0.478. The average molecular weight is 501 g/mol. The zero-order valence-electron chi connectivity index (χ0n) is 19.3. The van der Waals surface area contributed by atoms with Crippen LogP contribution >= 0.6 is 11.8 Å². The molecule has 184 valence electrons. The summed E-state index contributed by atoms with van der Waals surface area (Å²) in [5, 5.41) is 3.19. The third kappa shape index (κ3) is 3.66. The van der Waals surface area contributed by atoms with Gasteiger partial charge in [-0.3, -0.25) is 19.7 Å². The first-order valence-electron chi connectivity index (χ1n) is 11.3. The molecular formula is C25H25FN2O6S. The molecule has 2 aromatic carbocycles. The van der Waals surface area contributed by atoms with E-state index in [9.17, 15) is 18.8 Å². The number of nitrogens with one attached hydrogen (secondary N) is 1. The number of nitrogens with zero attached hydrogens (tertiary/aromatic N) is 1. The van der Waals surface area contributed by atoms with Crippen molar-refractivity contribution < 1.29 is 33.0 Å². The molecule has 4 atom stereocenters. The zero-order chi connectivity index (χ0) is 24.7. The maximum absolute atomic E-state index is 14.9. The summed E-state index contributed by atoms with van der Waals surface area (Å²) in [4.78, 5) is 42.1. The smallest absolute Gasteiger partial charge is 0.326 e. The summed E-state index contributed by atoms with van der Waals surface area (Å²) in [7, 11) is 1.25. The maximum Gasteiger partial charge on any atom is 0.326 e. The van der Waals surface area contributed by atoms with Crippen LogP contribution in [0.3, 0.4) is 0 Å². The van der Waals surface area contributed by atoms with Crippen LogP contribution in [0, 0.1) is 17.7 Å². The number of benzene rings is 2. The SMILES string of the molecule is COC(=O)[C@@]1(CCSC)N[C@@H](c2ccccc2F)[C@H]2C(=O)N(c3ccc4c(c3)OCCO4)C(=O)[C@@H]21. The lowest BCUT2D eigenvalue weighted by atomic mass is 9.78. The lowest BCUT2D eigenvalue weighted by Gasteiger charge is -2.32. The molecule has 0 bridgehead atoms. The third-order valence-electron chi connectivity index (χ3n) is 6.93. The van der Waals surface area contributed by atoms with E-state index in [2.05, 4.69) is 5.32 Å². The third-order valence-corrected chi connectivity index (χ3v) is 7.54. The molecule has 0 aliphatic carbocycles. The molecular weight excluding hydrogens is 475 g/mol. The average Bonchev–Trinajstić information content (AvgIpc) is 3.36. The number of rotatable bonds is 6. The number of hydrogen-bond donors (Lipinski definition) is 1. The number of carbonyl (C=O) groups is 3. The summed E-state index contributed by atoms with van der Waals surface area (Å²) < 4.78 is 31.2. The van der Waals surface area contributed by atoms with E-state index in [4.69, 9.17) is 14.2 Å². The highest BCUT2D eigenvalue weighted by atomic mass is 32.2. The molecule has 3 aliphatic rings. The fraction of sp³-hybridized carbons (Fsp3) is 0.400. The summed E-state index contributed by atoms with van der Waals surface area (Å²) in [6.45, 7) is 0.758. The Morgan fingerprint density at radius 2 is 1.91 bits per heavy atom. The molecule has 2 amide bonds. The molecule has 2 aromatic rings. The van der Waals surface area contributed by atoms with Gasteiger partial charge in [0.25, 0.3) is 0 Å². The van der Waals surface area contributed by atoms with Crippen molar-refractivity contribution in [1.29, 1.82) is 0 Å². The molecule has 0 unspecified atom stereocenters. The normalized spacial score (nSPS) is 27.2. The summed E-state index contributed by atoms with van der Waals surface area (Å²) in [6, 6.07) is 10.0. The molecule has 3 aliphatic heterocycles. The van der Waals surface area contributed by atoms with Crippen LogP contribution in [0.4, 0.5) is 10.1 Å². The van der Waals surface area contributed by atoms with Crippen LogP contribution in [0.2, 0.25) is 0 Å². The van der Waals surface area contributed by atoms with Crippen molar-refractivity contribution in [1.82, 2.24) is 5.32 Å². The minimum absolute atomic E-state index is 0.225.